The van der Waals surface area contributed by atoms with Gasteiger partial charge in [-0.2, -0.15) is 15.2 Å². The van der Waals surface area contributed by atoms with Gasteiger partial charge in [0, 0.05) is 53.0 Å². The third-order valence-corrected chi connectivity index (χ3v) is 9.98. The van der Waals surface area contributed by atoms with E-state index in [9.17, 15) is 5.26 Å². The Balaban J connectivity index is 1.40. The first-order valence-corrected chi connectivity index (χ1v) is 15.1. The van der Waals surface area contributed by atoms with Gasteiger partial charge in [-0.3, -0.25) is 0 Å². The lowest BCUT2D eigenvalue weighted by Gasteiger charge is -2.37. The van der Waals surface area contributed by atoms with Crippen LogP contribution in [-0.4, -0.2) is 54.5 Å². The third-order valence-electron chi connectivity index (χ3n) is 9.00. The number of piperazine rings is 1. The van der Waals surface area contributed by atoms with Gasteiger partial charge in [-0.25, -0.2) is 8.78 Å². The number of aromatic nitrogens is 2. The van der Waals surface area contributed by atoms with Gasteiger partial charge >= 0.3 is 6.01 Å². The molecule has 0 aliphatic carbocycles. The Labute approximate surface area is 244 Å². The molecule has 3 N–H and O–H groups in total. The lowest BCUT2D eigenvalue weighted by molar-refractivity contribution is 0.0647. The SMILES string of the molecule is N#Cc1c(N)sc2ccc(F)c(-c3c4c(c5c(N6C7CCC6CNC7)nc(OC[C@H]6CCCO6)nc5c3F)COC4)c12. The monoisotopic (exact) mass is 590 g/mol. The van der Waals surface area contributed by atoms with Crippen LogP contribution >= 0.6 is 11.3 Å². The van der Waals surface area contributed by atoms with Gasteiger partial charge in [-0.05, 0) is 48.9 Å². The van der Waals surface area contributed by atoms with Gasteiger partial charge in [0.05, 0.1) is 30.3 Å². The molecular weight excluding hydrogens is 562 g/mol. The highest BCUT2D eigenvalue weighted by Crippen LogP contribution is 2.48. The molecule has 42 heavy (non-hydrogen) atoms. The van der Waals surface area contributed by atoms with Crippen molar-refractivity contribution in [3.63, 3.8) is 0 Å². The highest BCUT2D eigenvalue weighted by molar-refractivity contribution is 7.23. The second-order valence-electron chi connectivity index (χ2n) is 11.3. The molecule has 0 radical (unpaired) electrons. The van der Waals surface area contributed by atoms with Crippen molar-refractivity contribution in [2.45, 2.75) is 57.1 Å². The molecule has 3 saturated heterocycles. The molecule has 2 aromatic heterocycles. The summed E-state index contributed by atoms with van der Waals surface area (Å²) in [4.78, 5) is 11.8. The molecule has 4 aliphatic heterocycles. The number of nitrogens with one attached hydrogen (secondary N) is 1. The number of thiophene rings is 1. The fourth-order valence-electron chi connectivity index (χ4n) is 7.11. The number of nitrogens with zero attached hydrogens (tertiary/aromatic N) is 4. The van der Waals surface area contributed by atoms with E-state index in [0.29, 0.717) is 33.5 Å². The molecule has 8 rings (SSSR count). The molecule has 6 heterocycles. The van der Waals surface area contributed by atoms with Gasteiger partial charge in [0.25, 0.3) is 0 Å². The second-order valence-corrected chi connectivity index (χ2v) is 12.4. The topological polar surface area (TPSA) is 119 Å². The predicted octanol–water partition coefficient (Wildman–Crippen LogP) is 4.77. The molecule has 4 aliphatic rings. The number of nitrogens with two attached hydrogens (primary N) is 1. The van der Waals surface area contributed by atoms with Gasteiger partial charge in [0.15, 0.2) is 5.82 Å². The Morgan fingerprint density at radius 1 is 1.10 bits per heavy atom. The molecule has 3 atom stereocenters. The quantitative estimate of drug-likeness (QED) is 0.339. The van der Waals surface area contributed by atoms with Crippen molar-refractivity contribution < 1.29 is 23.0 Å². The number of nitrogen functional groups attached to an aromatic ring is 1. The Bertz CT molecular complexity index is 1780. The van der Waals surface area contributed by atoms with Crippen LogP contribution in [0.2, 0.25) is 0 Å². The lowest BCUT2D eigenvalue weighted by atomic mass is 9.90. The Kier molecular flexibility index (Phi) is 6.19. The van der Waals surface area contributed by atoms with E-state index in [0.717, 1.165) is 44.3 Å². The van der Waals surface area contributed by atoms with Crippen molar-refractivity contribution in [1.82, 2.24) is 15.3 Å². The van der Waals surface area contributed by atoms with E-state index in [1.54, 1.807) is 6.07 Å². The summed E-state index contributed by atoms with van der Waals surface area (Å²) in [5.41, 5.74) is 7.65. The third kappa shape index (κ3) is 3.87. The second kappa shape index (κ2) is 9.98. The number of fused-ring (bicyclic) bond motifs is 6. The molecule has 4 aromatic rings. The van der Waals surface area contributed by atoms with Gasteiger partial charge in [0.2, 0.25) is 0 Å². The summed E-state index contributed by atoms with van der Waals surface area (Å²) in [7, 11) is 0. The van der Waals surface area contributed by atoms with Crippen molar-refractivity contribution in [3.8, 4) is 23.2 Å². The number of halogens is 2. The fraction of sp³-hybridized carbons (Fsp3) is 0.433. The van der Waals surface area contributed by atoms with Gasteiger partial charge in [-0.15, -0.1) is 11.3 Å². The first-order valence-electron chi connectivity index (χ1n) is 14.3. The number of ether oxygens (including phenoxy) is 3. The Morgan fingerprint density at radius 3 is 2.67 bits per heavy atom. The summed E-state index contributed by atoms with van der Waals surface area (Å²) in [5.74, 6) is -0.712. The fourth-order valence-corrected chi connectivity index (χ4v) is 8.04. The average molecular weight is 591 g/mol. The first kappa shape index (κ1) is 26.0. The highest BCUT2D eigenvalue weighted by atomic mass is 32.1. The largest absolute Gasteiger partial charge is 0.461 e. The summed E-state index contributed by atoms with van der Waals surface area (Å²) in [5, 5.41) is 14.5. The number of hydrogen-bond donors (Lipinski definition) is 2. The molecule has 2 bridgehead atoms. The van der Waals surface area contributed by atoms with Crippen LogP contribution in [0.5, 0.6) is 6.01 Å². The van der Waals surface area contributed by atoms with Crippen molar-refractivity contribution in [1.29, 1.82) is 5.26 Å². The number of anilines is 2. The molecule has 0 spiro atoms. The van der Waals surface area contributed by atoms with Crippen molar-refractivity contribution in [2.24, 2.45) is 0 Å². The number of rotatable bonds is 5. The maximum Gasteiger partial charge on any atom is 0.319 e. The van der Waals surface area contributed by atoms with E-state index in [1.807, 2.05) is 0 Å². The van der Waals surface area contributed by atoms with Crippen molar-refractivity contribution in [3.05, 3.63) is 40.5 Å². The van der Waals surface area contributed by atoms with Gasteiger partial charge in [-0.1, -0.05) is 0 Å². The summed E-state index contributed by atoms with van der Waals surface area (Å²) in [6, 6.07) is 5.42. The molecular formula is C30H28F2N6O3S. The zero-order chi connectivity index (χ0) is 28.5. The smallest absolute Gasteiger partial charge is 0.319 e. The van der Waals surface area contributed by atoms with Crippen LogP contribution in [0.3, 0.4) is 0 Å². The standard InChI is InChI=1S/C30H28F2N6O3S/c31-20-5-6-21-22(17(8-33)28(34)42-21)25(20)23-18-12-39-13-19(18)24-27(26(23)32)36-30(41-11-16-2-1-7-40-16)37-29(24)38-14-3-4-15(38)10-35-9-14/h5-6,14-16,35H,1-4,7,9-13,34H2/t14?,15?,16-/m1/s1. The minimum absolute atomic E-state index is 0.00220. The molecule has 216 valence electrons. The summed E-state index contributed by atoms with van der Waals surface area (Å²) < 4.78 is 51.2. The van der Waals surface area contributed by atoms with E-state index < -0.39 is 11.6 Å². The molecule has 3 fully saturated rings. The van der Waals surface area contributed by atoms with Gasteiger partial charge < -0.3 is 30.2 Å². The van der Waals surface area contributed by atoms with Crippen LogP contribution in [0.15, 0.2) is 12.1 Å². The number of benzene rings is 2. The van der Waals surface area contributed by atoms with Crippen LogP contribution in [-0.2, 0) is 22.7 Å². The molecule has 0 saturated carbocycles. The predicted molar refractivity (Wildman–Crippen MR) is 155 cm³/mol. The van der Waals surface area contributed by atoms with Crippen LogP contribution < -0.4 is 20.7 Å². The van der Waals surface area contributed by atoms with Gasteiger partial charge in [0.1, 0.15) is 34.8 Å². The van der Waals surface area contributed by atoms with Crippen LogP contribution in [0.25, 0.3) is 32.1 Å². The van der Waals surface area contributed by atoms with Crippen molar-refractivity contribution in [2.75, 3.05) is 36.9 Å². The number of hydrogen-bond acceptors (Lipinski definition) is 10. The maximum atomic E-state index is 17.1. The van der Waals surface area contributed by atoms with Crippen molar-refractivity contribution >= 4 is 43.1 Å². The van der Waals surface area contributed by atoms with E-state index in [1.165, 1.54) is 17.4 Å². The minimum Gasteiger partial charge on any atom is -0.461 e. The molecule has 0 amide bonds. The molecule has 12 heteroatoms. The summed E-state index contributed by atoms with van der Waals surface area (Å²) in [6.07, 6.45) is 3.76. The van der Waals surface area contributed by atoms with Crippen LogP contribution in [0.1, 0.15) is 42.4 Å². The highest BCUT2D eigenvalue weighted by Gasteiger charge is 2.40. The van der Waals surface area contributed by atoms with E-state index in [2.05, 4.69) is 21.3 Å². The van der Waals surface area contributed by atoms with E-state index >= 15 is 8.78 Å². The van der Waals surface area contributed by atoms with E-state index in [-0.39, 0.29) is 71.2 Å². The number of nitriles is 1. The maximum absolute atomic E-state index is 17.1. The molecule has 9 nitrogen and oxygen atoms in total. The van der Waals surface area contributed by atoms with E-state index in [4.69, 9.17) is 24.9 Å². The normalized spacial score (nSPS) is 23.2. The van der Waals surface area contributed by atoms with Crippen LogP contribution in [0, 0.1) is 23.0 Å². The Morgan fingerprint density at radius 2 is 1.90 bits per heavy atom. The molecule has 2 unspecified atom stereocenters. The zero-order valence-electron chi connectivity index (χ0n) is 22.7. The van der Waals surface area contributed by atoms with Crippen LogP contribution in [0.4, 0.5) is 19.6 Å². The minimum atomic E-state index is -0.692. The average Bonchev–Trinajstić information content (AvgIpc) is 3.79. The Hall–Kier alpha value is -3.63. The molecule has 2 aromatic carbocycles. The summed E-state index contributed by atoms with van der Waals surface area (Å²) in [6.45, 7) is 2.85. The zero-order valence-corrected chi connectivity index (χ0v) is 23.5. The summed E-state index contributed by atoms with van der Waals surface area (Å²) >= 11 is 1.18. The lowest BCUT2D eigenvalue weighted by Crippen LogP contribution is -2.52. The first-order chi connectivity index (χ1) is 20.5.